The van der Waals surface area contributed by atoms with Gasteiger partial charge in [0, 0.05) is 48.1 Å². The molecule has 1 aromatic heterocycles. The van der Waals surface area contributed by atoms with Gasteiger partial charge in [-0.3, -0.25) is 10.00 Å². The SMILES string of the molecule is COc1cccc(-c2n[nH]c3c2CN(C(C)CSC)CC3)c1. The highest BCUT2D eigenvalue weighted by atomic mass is 32.2. The van der Waals surface area contributed by atoms with E-state index in [1.54, 1.807) is 7.11 Å². The molecule has 1 aromatic carbocycles. The monoisotopic (exact) mass is 317 g/mol. The Balaban J connectivity index is 1.89. The van der Waals surface area contributed by atoms with Crippen molar-refractivity contribution in [2.75, 3.05) is 25.7 Å². The van der Waals surface area contributed by atoms with Crippen LogP contribution < -0.4 is 4.74 Å². The number of nitrogens with one attached hydrogen (secondary N) is 1. The van der Waals surface area contributed by atoms with Crippen LogP contribution in [0.25, 0.3) is 11.3 Å². The predicted octanol–water partition coefficient (Wildman–Crippen LogP) is 3.19. The highest BCUT2D eigenvalue weighted by molar-refractivity contribution is 7.98. The normalized spacial score (nSPS) is 16.3. The highest BCUT2D eigenvalue weighted by Crippen LogP contribution is 2.31. The molecule has 1 aliphatic rings. The average molecular weight is 317 g/mol. The Bertz CT molecular complexity index is 641. The lowest BCUT2D eigenvalue weighted by atomic mass is 10.00. The number of aromatic amines is 1. The van der Waals surface area contributed by atoms with Crippen LogP contribution in [-0.4, -0.2) is 46.8 Å². The summed E-state index contributed by atoms with van der Waals surface area (Å²) in [4.78, 5) is 2.55. The van der Waals surface area contributed by atoms with Crippen LogP contribution in [-0.2, 0) is 13.0 Å². The molecule has 0 amide bonds. The van der Waals surface area contributed by atoms with Gasteiger partial charge in [0.15, 0.2) is 0 Å². The third-order valence-electron chi connectivity index (χ3n) is 4.34. The molecule has 0 aliphatic carbocycles. The lowest BCUT2D eigenvalue weighted by Gasteiger charge is -2.32. The lowest BCUT2D eigenvalue weighted by Crippen LogP contribution is -2.38. The summed E-state index contributed by atoms with van der Waals surface area (Å²) in [6.07, 6.45) is 3.22. The van der Waals surface area contributed by atoms with E-state index in [2.05, 4.69) is 40.4 Å². The van der Waals surface area contributed by atoms with Crippen molar-refractivity contribution >= 4 is 11.8 Å². The molecule has 118 valence electrons. The number of H-pyrrole nitrogens is 1. The Morgan fingerprint density at radius 1 is 1.45 bits per heavy atom. The van der Waals surface area contributed by atoms with Crippen molar-refractivity contribution in [2.45, 2.75) is 25.9 Å². The number of aromatic nitrogens is 2. The summed E-state index contributed by atoms with van der Waals surface area (Å²) >= 11 is 1.91. The average Bonchev–Trinajstić information content (AvgIpc) is 2.98. The van der Waals surface area contributed by atoms with E-state index >= 15 is 0 Å². The molecule has 22 heavy (non-hydrogen) atoms. The van der Waals surface area contributed by atoms with Crippen LogP contribution in [0.3, 0.4) is 0 Å². The molecule has 2 heterocycles. The maximum absolute atomic E-state index is 5.34. The second-order valence-corrected chi connectivity index (χ2v) is 6.70. The van der Waals surface area contributed by atoms with Crippen molar-refractivity contribution in [3.63, 3.8) is 0 Å². The van der Waals surface area contributed by atoms with Gasteiger partial charge in [-0.25, -0.2) is 0 Å². The molecule has 0 radical (unpaired) electrons. The molecule has 1 N–H and O–H groups in total. The van der Waals surface area contributed by atoms with Crippen LogP contribution in [0.5, 0.6) is 5.75 Å². The zero-order valence-electron chi connectivity index (χ0n) is 13.4. The molecule has 3 rings (SSSR count). The Morgan fingerprint density at radius 3 is 3.09 bits per heavy atom. The number of fused-ring (bicyclic) bond motifs is 1. The standard InChI is InChI=1S/C17H23N3OS/c1-12(11-22-3)20-8-7-16-15(10-20)17(19-18-16)13-5-4-6-14(9-13)21-2/h4-6,9,12H,7-8,10-11H2,1-3H3,(H,18,19). The minimum atomic E-state index is 0.594. The van der Waals surface area contributed by atoms with Gasteiger partial charge in [0.05, 0.1) is 12.8 Å². The topological polar surface area (TPSA) is 41.1 Å². The molecule has 2 aromatic rings. The molecule has 1 atom stereocenters. The molecule has 0 fully saturated rings. The zero-order chi connectivity index (χ0) is 15.5. The van der Waals surface area contributed by atoms with E-state index in [9.17, 15) is 0 Å². The first kappa shape index (κ1) is 15.4. The van der Waals surface area contributed by atoms with Crippen molar-refractivity contribution in [1.82, 2.24) is 15.1 Å². The second kappa shape index (κ2) is 6.75. The van der Waals surface area contributed by atoms with E-state index < -0.39 is 0 Å². The number of benzene rings is 1. The van der Waals surface area contributed by atoms with E-state index in [0.29, 0.717) is 6.04 Å². The van der Waals surface area contributed by atoms with Crippen molar-refractivity contribution in [2.24, 2.45) is 0 Å². The first-order chi connectivity index (χ1) is 10.7. The van der Waals surface area contributed by atoms with Crippen molar-refractivity contribution in [3.8, 4) is 17.0 Å². The van der Waals surface area contributed by atoms with Gasteiger partial charge in [-0.05, 0) is 25.3 Å². The maximum Gasteiger partial charge on any atom is 0.119 e. The Labute approximate surface area is 136 Å². The Kier molecular flexibility index (Phi) is 4.74. The van der Waals surface area contributed by atoms with Crippen molar-refractivity contribution in [3.05, 3.63) is 35.5 Å². The highest BCUT2D eigenvalue weighted by Gasteiger charge is 2.25. The molecule has 0 spiro atoms. The van der Waals surface area contributed by atoms with E-state index in [4.69, 9.17) is 4.74 Å². The van der Waals surface area contributed by atoms with Crippen molar-refractivity contribution in [1.29, 1.82) is 0 Å². The summed E-state index contributed by atoms with van der Waals surface area (Å²) in [5, 5.41) is 7.80. The minimum Gasteiger partial charge on any atom is -0.497 e. The fraction of sp³-hybridized carbons (Fsp3) is 0.471. The van der Waals surface area contributed by atoms with Crippen LogP contribution in [0.4, 0.5) is 0 Å². The quantitative estimate of drug-likeness (QED) is 0.919. The number of methoxy groups -OCH3 is 1. The van der Waals surface area contributed by atoms with Crippen LogP contribution in [0.1, 0.15) is 18.2 Å². The molecule has 1 unspecified atom stereocenters. The summed E-state index contributed by atoms with van der Waals surface area (Å²) in [6, 6.07) is 8.74. The van der Waals surface area contributed by atoms with Gasteiger partial charge in [0.1, 0.15) is 5.75 Å². The van der Waals surface area contributed by atoms with E-state index in [0.717, 1.165) is 36.5 Å². The molecule has 0 saturated heterocycles. The minimum absolute atomic E-state index is 0.594. The molecule has 0 bridgehead atoms. The predicted molar refractivity (Wildman–Crippen MR) is 92.5 cm³/mol. The molecular formula is C17H23N3OS. The molecule has 5 heteroatoms. The fourth-order valence-corrected chi connectivity index (χ4v) is 3.74. The number of nitrogens with zero attached hydrogens (tertiary/aromatic N) is 2. The maximum atomic E-state index is 5.34. The molecular weight excluding hydrogens is 294 g/mol. The summed E-state index contributed by atoms with van der Waals surface area (Å²) in [7, 11) is 1.70. The zero-order valence-corrected chi connectivity index (χ0v) is 14.2. The second-order valence-electron chi connectivity index (χ2n) is 5.79. The van der Waals surface area contributed by atoms with E-state index in [-0.39, 0.29) is 0 Å². The summed E-state index contributed by atoms with van der Waals surface area (Å²) in [6.45, 7) is 4.39. The summed E-state index contributed by atoms with van der Waals surface area (Å²) in [5.41, 5.74) is 4.81. The largest absolute Gasteiger partial charge is 0.497 e. The van der Waals surface area contributed by atoms with Crippen LogP contribution in [0.15, 0.2) is 24.3 Å². The van der Waals surface area contributed by atoms with E-state index in [1.807, 2.05) is 23.9 Å². The van der Waals surface area contributed by atoms with Gasteiger partial charge in [0.2, 0.25) is 0 Å². The van der Waals surface area contributed by atoms with Crippen LogP contribution >= 0.6 is 11.8 Å². The van der Waals surface area contributed by atoms with Crippen LogP contribution in [0.2, 0.25) is 0 Å². The van der Waals surface area contributed by atoms with Gasteiger partial charge in [-0.15, -0.1) is 0 Å². The number of rotatable bonds is 5. The van der Waals surface area contributed by atoms with Gasteiger partial charge >= 0.3 is 0 Å². The molecule has 0 saturated carbocycles. The van der Waals surface area contributed by atoms with Gasteiger partial charge in [-0.1, -0.05) is 12.1 Å². The van der Waals surface area contributed by atoms with Gasteiger partial charge < -0.3 is 4.74 Å². The first-order valence-electron chi connectivity index (χ1n) is 7.66. The summed E-state index contributed by atoms with van der Waals surface area (Å²) in [5.74, 6) is 2.04. The number of hydrogen-bond donors (Lipinski definition) is 1. The Hall–Kier alpha value is -1.46. The Morgan fingerprint density at radius 2 is 2.32 bits per heavy atom. The summed E-state index contributed by atoms with van der Waals surface area (Å²) < 4.78 is 5.34. The lowest BCUT2D eigenvalue weighted by molar-refractivity contribution is 0.206. The van der Waals surface area contributed by atoms with E-state index in [1.165, 1.54) is 17.0 Å². The molecule has 1 aliphatic heterocycles. The third-order valence-corrected chi connectivity index (χ3v) is 5.15. The smallest absolute Gasteiger partial charge is 0.119 e. The van der Waals surface area contributed by atoms with Crippen LogP contribution in [0, 0.1) is 0 Å². The van der Waals surface area contributed by atoms with Crippen molar-refractivity contribution < 1.29 is 4.74 Å². The fourth-order valence-electron chi connectivity index (χ4n) is 3.05. The number of ether oxygens (including phenoxy) is 1. The number of thioether (sulfide) groups is 1. The molecule has 4 nitrogen and oxygen atoms in total. The number of hydrogen-bond acceptors (Lipinski definition) is 4. The van der Waals surface area contributed by atoms with Gasteiger partial charge in [0.25, 0.3) is 0 Å². The first-order valence-corrected chi connectivity index (χ1v) is 9.06. The van der Waals surface area contributed by atoms with Gasteiger partial charge in [-0.2, -0.15) is 16.9 Å². The third kappa shape index (κ3) is 3.01.